The van der Waals surface area contributed by atoms with Crippen molar-refractivity contribution >= 4 is 17.5 Å². The van der Waals surface area contributed by atoms with Crippen molar-refractivity contribution in [2.24, 2.45) is 5.92 Å². The summed E-state index contributed by atoms with van der Waals surface area (Å²) in [6.07, 6.45) is 4.12. The highest BCUT2D eigenvalue weighted by atomic mass is 32.2. The summed E-state index contributed by atoms with van der Waals surface area (Å²) in [5.41, 5.74) is 0.0393. The summed E-state index contributed by atoms with van der Waals surface area (Å²) in [7, 11) is 1.84. The molecule has 3 nitrogen and oxygen atoms in total. The minimum atomic E-state index is 0.0393. The van der Waals surface area contributed by atoms with Gasteiger partial charge in [0.2, 0.25) is 0 Å². The van der Waals surface area contributed by atoms with Crippen molar-refractivity contribution in [1.82, 2.24) is 5.32 Å². The number of hydrogen-bond acceptors (Lipinski definition) is 4. The number of carbonyl (C=O) groups is 1. The first-order valence-corrected chi connectivity index (χ1v) is 7.30. The van der Waals surface area contributed by atoms with Gasteiger partial charge in [-0.15, -0.1) is 0 Å². The number of nitrogens with one attached hydrogen (secondary N) is 1. The molecule has 16 heavy (non-hydrogen) atoms. The smallest absolute Gasteiger partial charge is 0.149 e. The van der Waals surface area contributed by atoms with Gasteiger partial charge in [0.15, 0.2) is 0 Å². The zero-order valence-electron chi connectivity index (χ0n) is 9.96. The Hall–Kier alpha value is -0.0600. The molecule has 0 bridgehead atoms. The monoisotopic (exact) mass is 243 g/mol. The molecule has 2 saturated heterocycles. The van der Waals surface area contributed by atoms with Crippen LogP contribution < -0.4 is 5.32 Å². The van der Waals surface area contributed by atoms with E-state index in [1.165, 1.54) is 11.5 Å². The molecular formula is C12H21NO2S. The molecule has 0 aromatic rings. The molecule has 2 aliphatic heterocycles. The van der Waals surface area contributed by atoms with E-state index < -0.39 is 0 Å². The average molecular weight is 243 g/mol. The second kappa shape index (κ2) is 5.52. The van der Waals surface area contributed by atoms with E-state index in [0.717, 1.165) is 32.3 Å². The van der Waals surface area contributed by atoms with Crippen molar-refractivity contribution in [1.29, 1.82) is 0 Å². The number of Topliss-reactive ketones (excluding diaryl/α,β-unsaturated/α-hetero) is 1. The quantitative estimate of drug-likeness (QED) is 0.814. The molecule has 0 aromatic heterocycles. The van der Waals surface area contributed by atoms with Gasteiger partial charge in [-0.1, -0.05) is 0 Å². The molecule has 0 aliphatic carbocycles. The molecule has 1 N–H and O–H groups in total. The number of likely N-dealkylation sites (N-methyl/N-ethyl adjacent to an activating group) is 1. The maximum atomic E-state index is 11.9. The van der Waals surface area contributed by atoms with Gasteiger partial charge in [0, 0.05) is 12.5 Å². The molecule has 1 unspecified atom stereocenters. The zero-order chi connectivity index (χ0) is 11.4. The molecule has 4 heteroatoms. The first-order valence-electron chi connectivity index (χ1n) is 6.15. The van der Waals surface area contributed by atoms with E-state index in [0.29, 0.717) is 12.3 Å². The Bertz CT molecular complexity index is 246. The van der Waals surface area contributed by atoms with Crippen LogP contribution in [-0.2, 0) is 9.53 Å². The van der Waals surface area contributed by atoms with Gasteiger partial charge in [-0.3, -0.25) is 4.79 Å². The molecular weight excluding hydrogens is 222 g/mol. The largest absolute Gasteiger partial charge is 0.375 e. The SMILES string of the molecule is CNCC(=O)C1CCOC2(CCSCC2)C1. The fraction of sp³-hybridized carbons (Fsp3) is 0.917. The van der Waals surface area contributed by atoms with Crippen molar-refractivity contribution in [3.8, 4) is 0 Å². The highest BCUT2D eigenvalue weighted by Crippen LogP contribution is 2.39. The summed E-state index contributed by atoms with van der Waals surface area (Å²) >= 11 is 2.01. The Morgan fingerprint density at radius 2 is 2.25 bits per heavy atom. The Balaban J connectivity index is 1.94. The zero-order valence-corrected chi connectivity index (χ0v) is 10.8. The molecule has 0 saturated carbocycles. The van der Waals surface area contributed by atoms with E-state index in [-0.39, 0.29) is 11.5 Å². The molecule has 0 aromatic carbocycles. The molecule has 92 valence electrons. The molecule has 2 aliphatic rings. The Morgan fingerprint density at radius 3 is 2.94 bits per heavy atom. The van der Waals surface area contributed by atoms with Gasteiger partial charge in [0.25, 0.3) is 0 Å². The highest BCUT2D eigenvalue weighted by molar-refractivity contribution is 7.99. The van der Waals surface area contributed by atoms with E-state index in [4.69, 9.17) is 4.74 Å². The van der Waals surface area contributed by atoms with E-state index in [9.17, 15) is 4.79 Å². The molecule has 1 spiro atoms. The van der Waals surface area contributed by atoms with E-state index >= 15 is 0 Å². The lowest BCUT2D eigenvalue weighted by Crippen LogP contribution is -2.45. The molecule has 2 fully saturated rings. The Labute approximate surface area is 102 Å². The number of hydrogen-bond donors (Lipinski definition) is 1. The van der Waals surface area contributed by atoms with E-state index in [1.807, 2.05) is 18.8 Å². The van der Waals surface area contributed by atoms with Crippen LogP contribution in [0.2, 0.25) is 0 Å². The van der Waals surface area contributed by atoms with Crippen LogP contribution in [0.5, 0.6) is 0 Å². The third kappa shape index (κ3) is 2.79. The van der Waals surface area contributed by atoms with Crippen molar-refractivity contribution in [2.45, 2.75) is 31.3 Å². The molecule has 2 rings (SSSR count). The predicted molar refractivity (Wildman–Crippen MR) is 66.9 cm³/mol. The first kappa shape index (κ1) is 12.4. The van der Waals surface area contributed by atoms with Crippen LogP contribution in [0, 0.1) is 5.92 Å². The summed E-state index contributed by atoms with van der Waals surface area (Å²) < 4.78 is 5.98. The summed E-state index contributed by atoms with van der Waals surface area (Å²) in [5.74, 6) is 2.97. The third-order valence-corrected chi connectivity index (χ3v) is 4.69. The topological polar surface area (TPSA) is 38.3 Å². The molecule has 0 radical (unpaired) electrons. The van der Waals surface area contributed by atoms with Crippen molar-refractivity contribution in [3.05, 3.63) is 0 Å². The van der Waals surface area contributed by atoms with Crippen LogP contribution in [0.15, 0.2) is 0 Å². The number of carbonyl (C=O) groups excluding carboxylic acids is 1. The van der Waals surface area contributed by atoms with Crippen LogP contribution in [0.1, 0.15) is 25.7 Å². The second-order valence-corrected chi connectivity index (χ2v) is 6.05. The maximum Gasteiger partial charge on any atom is 0.149 e. The van der Waals surface area contributed by atoms with Crippen LogP contribution in [-0.4, -0.2) is 43.1 Å². The maximum absolute atomic E-state index is 11.9. The summed E-state index contributed by atoms with van der Waals surface area (Å²) in [6.45, 7) is 1.28. The van der Waals surface area contributed by atoms with Gasteiger partial charge in [-0.2, -0.15) is 11.8 Å². The minimum Gasteiger partial charge on any atom is -0.375 e. The van der Waals surface area contributed by atoms with Gasteiger partial charge in [0.1, 0.15) is 5.78 Å². The van der Waals surface area contributed by atoms with E-state index in [2.05, 4.69) is 5.32 Å². The summed E-state index contributed by atoms with van der Waals surface area (Å²) in [5, 5.41) is 2.96. The van der Waals surface area contributed by atoms with Crippen LogP contribution >= 0.6 is 11.8 Å². The van der Waals surface area contributed by atoms with Gasteiger partial charge in [0.05, 0.1) is 12.1 Å². The fourth-order valence-corrected chi connectivity index (χ4v) is 3.95. The van der Waals surface area contributed by atoms with Crippen molar-refractivity contribution in [3.63, 3.8) is 0 Å². The van der Waals surface area contributed by atoms with Gasteiger partial charge in [-0.25, -0.2) is 0 Å². The highest BCUT2D eigenvalue weighted by Gasteiger charge is 2.40. The lowest BCUT2D eigenvalue weighted by Gasteiger charge is -2.42. The normalized spacial score (nSPS) is 29.2. The van der Waals surface area contributed by atoms with Crippen molar-refractivity contribution in [2.75, 3.05) is 31.7 Å². The van der Waals surface area contributed by atoms with Gasteiger partial charge < -0.3 is 10.1 Å². The number of rotatable bonds is 3. The number of ether oxygens (including phenoxy) is 1. The summed E-state index contributed by atoms with van der Waals surface area (Å²) in [6, 6.07) is 0. The first-order chi connectivity index (χ1) is 7.76. The molecule has 2 heterocycles. The predicted octanol–water partition coefficient (Wildman–Crippen LogP) is 1.47. The van der Waals surface area contributed by atoms with Gasteiger partial charge in [-0.05, 0) is 44.2 Å². The number of thioether (sulfide) groups is 1. The Morgan fingerprint density at radius 1 is 1.50 bits per heavy atom. The lowest BCUT2D eigenvalue weighted by atomic mass is 9.80. The fourth-order valence-electron chi connectivity index (χ4n) is 2.71. The second-order valence-electron chi connectivity index (χ2n) is 4.83. The van der Waals surface area contributed by atoms with Crippen LogP contribution in [0.4, 0.5) is 0 Å². The Kier molecular flexibility index (Phi) is 4.27. The number of ketones is 1. The van der Waals surface area contributed by atoms with Crippen LogP contribution in [0.3, 0.4) is 0 Å². The lowest BCUT2D eigenvalue weighted by molar-refractivity contribution is -0.137. The molecule has 1 atom stereocenters. The van der Waals surface area contributed by atoms with E-state index in [1.54, 1.807) is 0 Å². The standard InChI is InChI=1S/C12H21NO2S/c1-13-9-11(14)10-2-5-15-12(8-10)3-6-16-7-4-12/h10,13H,2-9H2,1H3. The third-order valence-electron chi connectivity index (χ3n) is 3.70. The van der Waals surface area contributed by atoms with Gasteiger partial charge >= 0.3 is 0 Å². The van der Waals surface area contributed by atoms with Crippen LogP contribution in [0.25, 0.3) is 0 Å². The minimum absolute atomic E-state index is 0.0393. The average Bonchev–Trinajstić information content (AvgIpc) is 2.30. The molecule has 0 amide bonds. The summed E-state index contributed by atoms with van der Waals surface area (Å²) in [4.78, 5) is 11.9. The van der Waals surface area contributed by atoms with Crippen molar-refractivity contribution < 1.29 is 9.53 Å².